The Kier molecular flexibility index (Phi) is 4.31. The van der Waals surface area contributed by atoms with Gasteiger partial charge in [-0.05, 0) is 18.1 Å². The molecule has 1 N–H and O–H groups in total. The predicted molar refractivity (Wildman–Crippen MR) is 63.8 cm³/mol. The van der Waals surface area contributed by atoms with Crippen molar-refractivity contribution in [3.63, 3.8) is 0 Å². The molecule has 1 aromatic rings. The van der Waals surface area contributed by atoms with E-state index >= 15 is 0 Å². The van der Waals surface area contributed by atoms with Crippen molar-refractivity contribution in [1.82, 2.24) is 9.47 Å². The molecule has 0 aliphatic heterocycles. The van der Waals surface area contributed by atoms with Crippen LogP contribution in [0.25, 0.3) is 0 Å². The predicted octanol–water partition coefficient (Wildman–Crippen LogP) is 1.21. The van der Waals surface area contributed by atoms with E-state index in [1.165, 1.54) is 4.90 Å². The third-order valence-electron chi connectivity index (χ3n) is 2.36. The minimum Gasteiger partial charge on any atom is -0.480 e. The summed E-state index contributed by atoms with van der Waals surface area (Å²) in [5.74, 6) is -1.000. The molecule has 0 atom stereocenters. The Morgan fingerprint density at radius 3 is 2.53 bits per heavy atom. The van der Waals surface area contributed by atoms with E-state index < -0.39 is 5.97 Å². The van der Waals surface area contributed by atoms with Crippen molar-refractivity contribution < 1.29 is 14.7 Å². The number of carbonyl (C=O) groups is 2. The summed E-state index contributed by atoms with van der Waals surface area (Å²) in [4.78, 5) is 24.3. The fourth-order valence-electron chi connectivity index (χ4n) is 1.67. The van der Waals surface area contributed by atoms with E-state index in [-0.39, 0.29) is 18.4 Å². The number of hydrogen-bond acceptors (Lipinski definition) is 2. The number of carboxylic acid groups (broad SMARTS) is 1. The quantitative estimate of drug-likeness (QED) is 0.838. The van der Waals surface area contributed by atoms with E-state index in [2.05, 4.69) is 0 Å². The lowest BCUT2D eigenvalue weighted by molar-refractivity contribution is -0.137. The number of nitrogens with zero attached hydrogens (tertiary/aromatic N) is 2. The summed E-state index contributed by atoms with van der Waals surface area (Å²) in [6, 6.07) is 3.46. The monoisotopic (exact) mass is 238 g/mol. The van der Waals surface area contributed by atoms with Gasteiger partial charge < -0.3 is 14.6 Å². The van der Waals surface area contributed by atoms with Gasteiger partial charge >= 0.3 is 5.97 Å². The van der Waals surface area contributed by atoms with E-state index in [1.807, 2.05) is 13.8 Å². The van der Waals surface area contributed by atoms with Crippen molar-refractivity contribution in [2.75, 3.05) is 13.1 Å². The first kappa shape index (κ1) is 13.3. The Bertz CT molecular complexity index is 410. The minimum atomic E-state index is -0.992. The first-order valence-corrected chi connectivity index (χ1v) is 5.54. The van der Waals surface area contributed by atoms with Crippen LogP contribution >= 0.6 is 0 Å². The van der Waals surface area contributed by atoms with Crippen LogP contribution in [0, 0.1) is 5.92 Å². The molecule has 0 unspecified atom stereocenters. The van der Waals surface area contributed by atoms with Gasteiger partial charge in [0.25, 0.3) is 5.91 Å². The Morgan fingerprint density at radius 1 is 1.47 bits per heavy atom. The van der Waals surface area contributed by atoms with E-state index in [0.29, 0.717) is 12.2 Å². The second-order valence-electron chi connectivity index (χ2n) is 4.48. The average Bonchev–Trinajstić information content (AvgIpc) is 2.61. The Hall–Kier alpha value is -1.78. The molecule has 0 saturated heterocycles. The van der Waals surface area contributed by atoms with E-state index in [1.54, 1.807) is 29.9 Å². The van der Waals surface area contributed by atoms with Crippen LogP contribution in [-0.2, 0) is 11.8 Å². The molecule has 1 aromatic heterocycles. The highest BCUT2D eigenvalue weighted by molar-refractivity contribution is 5.94. The van der Waals surface area contributed by atoms with Crippen molar-refractivity contribution >= 4 is 11.9 Å². The molecule has 17 heavy (non-hydrogen) atoms. The normalized spacial score (nSPS) is 10.6. The molecule has 1 amide bonds. The topological polar surface area (TPSA) is 62.5 Å². The third kappa shape index (κ3) is 3.62. The van der Waals surface area contributed by atoms with Gasteiger partial charge in [0.2, 0.25) is 0 Å². The van der Waals surface area contributed by atoms with Crippen LogP contribution in [-0.4, -0.2) is 39.5 Å². The Morgan fingerprint density at radius 2 is 2.12 bits per heavy atom. The van der Waals surface area contributed by atoms with E-state index in [9.17, 15) is 9.59 Å². The fourth-order valence-corrected chi connectivity index (χ4v) is 1.67. The van der Waals surface area contributed by atoms with Gasteiger partial charge in [0.1, 0.15) is 12.2 Å². The van der Waals surface area contributed by atoms with Crippen LogP contribution in [0.3, 0.4) is 0 Å². The van der Waals surface area contributed by atoms with Crippen molar-refractivity contribution in [2.24, 2.45) is 13.0 Å². The van der Waals surface area contributed by atoms with Gasteiger partial charge in [-0.1, -0.05) is 13.8 Å². The Labute approximate surface area is 101 Å². The number of aryl methyl sites for hydroxylation is 1. The molecule has 0 fully saturated rings. The molecular formula is C12H18N2O3. The van der Waals surface area contributed by atoms with Crippen LogP contribution in [0.15, 0.2) is 18.3 Å². The molecule has 0 spiro atoms. The number of carboxylic acids is 1. The van der Waals surface area contributed by atoms with Crippen molar-refractivity contribution in [1.29, 1.82) is 0 Å². The lowest BCUT2D eigenvalue weighted by Gasteiger charge is -2.22. The summed E-state index contributed by atoms with van der Waals surface area (Å²) in [6.07, 6.45) is 1.77. The number of carbonyl (C=O) groups excluding carboxylic acids is 1. The van der Waals surface area contributed by atoms with Crippen LogP contribution in [0.2, 0.25) is 0 Å². The lowest BCUT2D eigenvalue weighted by atomic mass is 10.2. The van der Waals surface area contributed by atoms with Gasteiger partial charge in [0.15, 0.2) is 0 Å². The van der Waals surface area contributed by atoms with Gasteiger partial charge in [-0.15, -0.1) is 0 Å². The SMILES string of the molecule is CC(C)CN(CC(=O)O)C(=O)c1cccn1C. The first-order valence-electron chi connectivity index (χ1n) is 5.54. The number of hydrogen-bond donors (Lipinski definition) is 1. The van der Waals surface area contributed by atoms with Gasteiger partial charge in [0, 0.05) is 19.8 Å². The lowest BCUT2D eigenvalue weighted by Crippen LogP contribution is -2.39. The highest BCUT2D eigenvalue weighted by Gasteiger charge is 2.20. The molecule has 0 aliphatic rings. The van der Waals surface area contributed by atoms with Gasteiger partial charge in [-0.25, -0.2) is 0 Å². The molecule has 0 aliphatic carbocycles. The highest BCUT2D eigenvalue weighted by Crippen LogP contribution is 2.07. The number of aliphatic carboxylic acids is 1. The minimum absolute atomic E-state index is 0.235. The zero-order valence-corrected chi connectivity index (χ0v) is 10.4. The van der Waals surface area contributed by atoms with E-state index in [4.69, 9.17) is 5.11 Å². The molecule has 5 heteroatoms. The second-order valence-corrected chi connectivity index (χ2v) is 4.48. The van der Waals surface area contributed by atoms with Crippen molar-refractivity contribution in [2.45, 2.75) is 13.8 Å². The molecule has 0 bridgehead atoms. The smallest absolute Gasteiger partial charge is 0.323 e. The van der Waals surface area contributed by atoms with Crippen LogP contribution in [0.1, 0.15) is 24.3 Å². The molecule has 0 aromatic carbocycles. The fraction of sp³-hybridized carbons (Fsp3) is 0.500. The van der Waals surface area contributed by atoms with Gasteiger partial charge in [0.05, 0.1) is 0 Å². The molecule has 0 radical (unpaired) electrons. The highest BCUT2D eigenvalue weighted by atomic mass is 16.4. The summed E-state index contributed by atoms with van der Waals surface area (Å²) in [7, 11) is 1.77. The largest absolute Gasteiger partial charge is 0.480 e. The molecule has 1 heterocycles. The van der Waals surface area contributed by atoms with Gasteiger partial charge in [-0.3, -0.25) is 9.59 Å². The van der Waals surface area contributed by atoms with Crippen LogP contribution < -0.4 is 0 Å². The van der Waals surface area contributed by atoms with Crippen molar-refractivity contribution in [3.8, 4) is 0 Å². The molecule has 5 nitrogen and oxygen atoms in total. The summed E-state index contributed by atoms with van der Waals surface area (Å²) < 4.78 is 1.69. The first-order chi connectivity index (χ1) is 7.91. The summed E-state index contributed by atoms with van der Waals surface area (Å²) in [5.41, 5.74) is 0.506. The molecule has 0 saturated carbocycles. The molecule has 1 rings (SSSR count). The molecular weight excluding hydrogens is 220 g/mol. The average molecular weight is 238 g/mol. The maximum Gasteiger partial charge on any atom is 0.323 e. The van der Waals surface area contributed by atoms with Gasteiger partial charge in [-0.2, -0.15) is 0 Å². The third-order valence-corrected chi connectivity index (χ3v) is 2.36. The maximum absolute atomic E-state index is 12.1. The summed E-state index contributed by atoms with van der Waals surface area (Å²) >= 11 is 0. The zero-order chi connectivity index (χ0) is 13.0. The van der Waals surface area contributed by atoms with E-state index in [0.717, 1.165) is 0 Å². The van der Waals surface area contributed by atoms with Crippen LogP contribution in [0.5, 0.6) is 0 Å². The second kappa shape index (κ2) is 5.52. The summed E-state index contributed by atoms with van der Waals surface area (Å²) in [5, 5.41) is 8.81. The number of aromatic nitrogens is 1. The summed E-state index contributed by atoms with van der Waals surface area (Å²) in [6.45, 7) is 4.08. The maximum atomic E-state index is 12.1. The standard InChI is InChI=1S/C12H18N2O3/c1-9(2)7-14(8-11(15)16)12(17)10-5-4-6-13(10)3/h4-6,9H,7-8H2,1-3H3,(H,15,16). The number of rotatable bonds is 5. The number of amides is 1. The van der Waals surface area contributed by atoms with Crippen LogP contribution in [0.4, 0.5) is 0 Å². The zero-order valence-electron chi connectivity index (χ0n) is 10.4. The van der Waals surface area contributed by atoms with Crippen molar-refractivity contribution in [3.05, 3.63) is 24.0 Å². The Balaban J connectivity index is 2.86. The molecule has 94 valence electrons.